The second kappa shape index (κ2) is 4.12. The largest absolute Gasteiger partial charge is 0.507 e. The minimum Gasteiger partial charge on any atom is -0.507 e. The Bertz CT molecular complexity index is 421. The number of ketones is 1. The zero-order chi connectivity index (χ0) is 10.7. The molecule has 1 aromatic carbocycles. The molecule has 72 valence electrons. The molecule has 0 aromatic heterocycles. The van der Waals surface area contributed by atoms with Crippen LogP contribution < -0.4 is 0 Å². The van der Waals surface area contributed by atoms with E-state index in [9.17, 15) is 9.90 Å². The van der Waals surface area contributed by atoms with Crippen LogP contribution in [0.25, 0.3) is 0 Å². The number of nitriles is 1. The molecule has 0 aliphatic heterocycles. The molecule has 0 fully saturated rings. The molecule has 0 atom stereocenters. The standard InChI is InChI=1S/C10H8ClNO2/c1-6-2-3-8(13)10(7(6)5-12)9(14)4-11/h2-3,13H,4H2,1H3. The van der Waals surface area contributed by atoms with Gasteiger partial charge in [-0.2, -0.15) is 5.26 Å². The number of hydrogen-bond donors (Lipinski definition) is 1. The number of halogens is 1. The van der Waals surface area contributed by atoms with Gasteiger partial charge in [0.25, 0.3) is 0 Å². The van der Waals surface area contributed by atoms with Crippen molar-refractivity contribution in [1.29, 1.82) is 5.26 Å². The van der Waals surface area contributed by atoms with Gasteiger partial charge in [-0.3, -0.25) is 4.79 Å². The quantitative estimate of drug-likeness (QED) is 0.599. The molecule has 0 saturated carbocycles. The van der Waals surface area contributed by atoms with E-state index in [1.54, 1.807) is 13.0 Å². The normalized spacial score (nSPS) is 9.50. The average molecular weight is 210 g/mol. The van der Waals surface area contributed by atoms with Crippen molar-refractivity contribution in [2.45, 2.75) is 6.92 Å². The molecular weight excluding hydrogens is 202 g/mol. The van der Waals surface area contributed by atoms with Crippen molar-refractivity contribution >= 4 is 17.4 Å². The number of benzene rings is 1. The highest BCUT2D eigenvalue weighted by atomic mass is 35.5. The molecule has 0 radical (unpaired) electrons. The Labute approximate surface area is 86.5 Å². The number of Topliss-reactive ketones (excluding diaryl/α,β-unsaturated/α-hetero) is 1. The highest BCUT2D eigenvalue weighted by Gasteiger charge is 2.16. The van der Waals surface area contributed by atoms with E-state index in [1.807, 2.05) is 6.07 Å². The van der Waals surface area contributed by atoms with Crippen LogP contribution in [0.3, 0.4) is 0 Å². The number of aromatic hydroxyl groups is 1. The smallest absolute Gasteiger partial charge is 0.182 e. The van der Waals surface area contributed by atoms with Gasteiger partial charge < -0.3 is 5.11 Å². The minimum atomic E-state index is -0.440. The summed E-state index contributed by atoms with van der Waals surface area (Å²) < 4.78 is 0. The fraction of sp³-hybridized carbons (Fsp3) is 0.200. The monoisotopic (exact) mass is 209 g/mol. The maximum atomic E-state index is 11.3. The van der Waals surface area contributed by atoms with E-state index in [0.717, 1.165) is 0 Å². The molecule has 0 saturated heterocycles. The Hall–Kier alpha value is -1.53. The predicted octanol–water partition coefficient (Wildman–Crippen LogP) is 1.99. The Balaban J connectivity index is 3.47. The van der Waals surface area contributed by atoms with Crippen molar-refractivity contribution in [3.8, 4) is 11.8 Å². The summed E-state index contributed by atoms with van der Waals surface area (Å²) in [6.07, 6.45) is 0. The molecule has 14 heavy (non-hydrogen) atoms. The van der Waals surface area contributed by atoms with Crippen LogP contribution in [0.15, 0.2) is 12.1 Å². The molecule has 1 rings (SSSR count). The van der Waals surface area contributed by atoms with Gasteiger partial charge in [0.15, 0.2) is 5.78 Å². The van der Waals surface area contributed by atoms with Crippen molar-refractivity contribution in [3.05, 3.63) is 28.8 Å². The Morgan fingerprint density at radius 3 is 2.79 bits per heavy atom. The maximum absolute atomic E-state index is 11.3. The number of nitrogens with zero attached hydrogens (tertiary/aromatic N) is 1. The SMILES string of the molecule is Cc1ccc(O)c(C(=O)CCl)c1C#N. The van der Waals surface area contributed by atoms with E-state index in [4.69, 9.17) is 16.9 Å². The van der Waals surface area contributed by atoms with Crippen LogP contribution in [-0.4, -0.2) is 16.8 Å². The summed E-state index contributed by atoms with van der Waals surface area (Å²) in [6, 6.07) is 4.85. The molecule has 0 aliphatic rings. The number of carbonyl (C=O) groups is 1. The molecule has 0 aliphatic carbocycles. The van der Waals surface area contributed by atoms with E-state index >= 15 is 0 Å². The summed E-state index contributed by atoms with van der Waals surface area (Å²) in [4.78, 5) is 11.3. The molecule has 0 spiro atoms. The first kappa shape index (κ1) is 10.6. The van der Waals surface area contributed by atoms with Gasteiger partial charge in [-0.15, -0.1) is 11.6 Å². The maximum Gasteiger partial charge on any atom is 0.182 e. The number of phenols is 1. The van der Waals surface area contributed by atoms with Crippen LogP contribution in [0.5, 0.6) is 5.75 Å². The van der Waals surface area contributed by atoms with E-state index in [2.05, 4.69) is 0 Å². The van der Waals surface area contributed by atoms with E-state index in [0.29, 0.717) is 5.56 Å². The number of carbonyl (C=O) groups excluding carboxylic acids is 1. The zero-order valence-corrected chi connectivity index (χ0v) is 8.30. The van der Waals surface area contributed by atoms with Crippen LogP contribution >= 0.6 is 11.6 Å². The van der Waals surface area contributed by atoms with Gasteiger partial charge in [-0.1, -0.05) is 6.07 Å². The van der Waals surface area contributed by atoms with Crippen LogP contribution in [0, 0.1) is 18.3 Å². The van der Waals surface area contributed by atoms with Gasteiger partial charge in [-0.25, -0.2) is 0 Å². The Morgan fingerprint density at radius 1 is 1.64 bits per heavy atom. The Morgan fingerprint density at radius 2 is 2.29 bits per heavy atom. The van der Waals surface area contributed by atoms with Gasteiger partial charge in [0, 0.05) is 0 Å². The summed E-state index contributed by atoms with van der Waals surface area (Å²) >= 11 is 5.37. The van der Waals surface area contributed by atoms with Crippen LogP contribution in [-0.2, 0) is 0 Å². The van der Waals surface area contributed by atoms with Gasteiger partial charge in [0.05, 0.1) is 17.0 Å². The van der Waals surface area contributed by atoms with Crippen molar-refractivity contribution in [2.75, 3.05) is 5.88 Å². The summed E-state index contributed by atoms with van der Waals surface area (Å²) in [5.74, 6) is -0.881. The zero-order valence-electron chi connectivity index (χ0n) is 7.54. The molecule has 3 nitrogen and oxygen atoms in total. The minimum absolute atomic E-state index is 0.0162. The number of phenolic OH excluding ortho intramolecular Hbond substituents is 1. The average Bonchev–Trinajstić information content (AvgIpc) is 2.19. The highest BCUT2D eigenvalue weighted by Crippen LogP contribution is 2.24. The summed E-state index contributed by atoms with van der Waals surface area (Å²) in [5.41, 5.74) is 0.858. The third-order valence-corrected chi connectivity index (χ3v) is 2.15. The second-order valence-electron chi connectivity index (χ2n) is 2.82. The first-order valence-electron chi connectivity index (χ1n) is 3.93. The fourth-order valence-electron chi connectivity index (χ4n) is 1.19. The Kier molecular flexibility index (Phi) is 3.10. The van der Waals surface area contributed by atoms with Crippen molar-refractivity contribution in [2.24, 2.45) is 0 Å². The van der Waals surface area contributed by atoms with Crippen molar-refractivity contribution in [1.82, 2.24) is 0 Å². The lowest BCUT2D eigenvalue weighted by Crippen LogP contribution is -2.05. The molecule has 0 bridgehead atoms. The number of hydrogen-bond acceptors (Lipinski definition) is 3. The number of aryl methyl sites for hydroxylation is 1. The summed E-state index contributed by atoms with van der Waals surface area (Å²) in [6.45, 7) is 1.70. The molecular formula is C10H8ClNO2. The second-order valence-corrected chi connectivity index (χ2v) is 3.09. The molecule has 1 N–H and O–H groups in total. The highest BCUT2D eigenvalue weighted by molar-refractivity contribution is 6.31. The van der Waals surface area contributed by atoms with Gasteiger partial charge in [0.1, 0.15) is 11.8 Å². The summed E-state index contributed by atoms with van der Waals surface area (Å²) in [5, 5.41) is 18.2. The van der Waals surface area contributed by atoms with E-state index in [-0.39, 0.29) is 22.8 Å². The van der Waals surface area contributed by atoms with E-state index in [1.165, 1.54) is 6.07 Å². The van der Waals surface area contributed by atoms with E-state index < -0.39 is 5.78 Å². The fourth-order valence-corrected chi connectivity index (χ4v) is 1.32. The van der Waals surface area contributed by atoms with Gasteiger partial charge in [0.2, 0.25) is 0 Å². The third kappa shape index (κ3) is 1.70. The van der Waals surface area contributed by atoms with Crippen molar-refractivity contribution in [3.63, 3.8) is 0 Å². The van der Waals surface area contributed by atoms with Crippen LogP contribution in [0.4, 0.5) is 0 Å². The molecule has 0 amide bonds. The first-order valence-corrected chi connectivity index (χ1v) is 4.47. The number of alkyl halides is 1. The van der Waals surface area contributed by atoms with Crippen LogP contribution in [0.2, 0.25) is 0 Å². The predicted molar refractivity (Wildman–Crippen MR) is 52.6 cm³/mol. The van der Waals surface area contributed by atoms with Crippen LogP contribution in [0.1, 0.15) is 21.5 Å². The lowest BCUT2D eigenvalue weighted by Gasteiger charge is -2.05. The summed E-state index contributed by atoms with van der Waals surface area (Å²) in [7, 11) is 0. The molecule has 1 aromatic rings. The molecule has 0 unspecified atom stereocenters. The van der Waals surface area contributed by atoms with Gasteiger partial charge >= 0.3 is 0 Å². The lowest BCUT2D eigenvalue weighted by molar-refractivity contribution is 0.101. The first-order chi connectivity index (χ1) is 6.61. The molecule has 4 heteroatoms. The lowest BCUT2D eigenvalue weighted by atomic mass is 9.99. The molecule has 0 heterocycles. The third-order valence-electron chi connectivity index (χ3n) is 1.90. The number of rotatable bonds is 2. The van der Waals surface area contributed by atoms with Crippen molar-refractivity contribution < 1.29 is 9.90 Å². The van der Waals surface area contributed by atoms with Gasteiger partial charge in [-0.05, 0) is 18.6 Å². The topological polar surface area (TPSA) is 61.1 Å².